The van der Waals surface area contributed by atoms with Gasteiger partial charge in [-0.15, -0.1) is 0 Å². The predicted octanol–water partition coefficient (Wildman–Crippen LogP) is 6.44. The first kappa shape index (κ1) is 18.2. The second kappa shape index (κ2) is 8.20. The van der Waals surface area contributed by atoms with Gasteiger partial charge in [0, 0.05) is 22.2 Å². The van der Waals surface area contributed by atoms with Crippen LogP contribution in [0.5, 0.6) is 0 Å². The molecule has 0 spiro atoms. The number of anilines is 1. The Bertz CT molecular complexity index is 740. The summed E-state index contributed by atoms with van der Waals surface area (Å²) in [7, 11) is 0. The quantitative estimate of drug-likeness (QED) is 0.650. The molecule has 0 unspecified atom stereocenters. The molecule has 1 aliphatic carbocycles. The second-order valence-electron chi connectivity index (χ2n) is 6.64. The monoisotopic (exact) mass is 379 g/mol. The Balaban J connectivity index is 1.50. The van der Waals surface area contributed by atoms with Crippen molar-refractivity contribution < 1.29 is 9.18 Å². The largest absolute Gasteiger partial charge is 0.326 e. The molecule has 0 saturated heterocycles. The molecule has 0 bridgehead atoms. The third-order valence-corrected chi connectivity index (χ3v) is 5.34. The van der Waals surface area contributed by atoms with Crippen molar-refractivity contribution in [2.24, 2.45) is 5.92 Å². The van der Waals surface area contributed by atoms with Crippen LogP contribution in [-0.4, -0.2) is 5.91 Å². The van der Waals surface area contributed by atoms with Gasteiger partial charge in [0.05, 0.1) is 0 Å². The normalized spacial score (nSPS) is 20.3. The fourth-order valence-corrected chi connectivity index (χ4v) is 3.80. The highest BCUT2D eigenvalue weighted by molar-refractivity contribution is 6.30. The first-order valence-corrected chi connectivity index (χ1v) is 9.27. The minimum atomic E-state index is -0.226. The van der Waals surface area contributed by atoms with Gasteiger partial charge in [0.1, 0.15) is 5.82 Å². The average molecular weight is 380 g/mol. The lowest BCUT2D eigenvalue weighted by Crippen LogP contribution is -2.20. The zero-order chi connectivity index (χ0) is 17.8. The molecule has 2 nitrogen and oxygen atoms in total. The van der Waals surface area contributed by atoms with Crippen LogP contribution >= 0.6 is 23.2 Å². The van der Waals surface area contributed by atoms with E-state index < -0.39 is 0 Å². The van der Waals surface area contributed by atoms with Gasteiger partial charge in [-0.1, -0.05) is 29.3 Å². The van der Waals surface area contributed by atoms with E-state index in [2.05, 4.69) is 5.32 Å². The second-order valence-corrected chi connectivity index (χ2v) is 7.52. The molecule has 0 aromatic heterocycles. The maximum atomic E-state index is 14.1. The van der Waals surface area contributed by atoms with Crippen LogP contribution < -0.4 is 5.32 Å². The summed E-state index contributed by atoms with van der Waals surface area (Å²) >= 11 is 11.7. The summed E-state index contributed by atoms with van der Waals surface area (Å²) in [5.41, 5.74) is 1.50. The van der Waals surface area contributed by atoms with E-state index in [1.54, 1.807) is 36.4 Å². The summed E-state index contributed by atoms with van der Waals surface area (Å²) in [5.74, 6) is 0.353. The summed E-state index contributed by atoms with van der Waals surface area (Å²) < 4.78 is 14.1. The molecule has 2 aromatic rings. The number of nitrogens with one attached hydrogen (secondary N) is 1. The Morgan fingerprint density at radius 1 is 1.00 bits per heavy atom. The number of hydrogen-bond acceptors (Lipinski definition) is 1. The van der Waals surface area contributed by atoms with Gasteiger partial charge in [0.15, 0.2) is 0 Å². The number of benzene rings is 2. The van der Waals surface area contributed by atoms with Gasteiger partial charge in [0.2, 0.25) is 5.91 Å². The summed E-state index contributed by atoms with van der Waals surface area (Å²) in [6, 6.07) is 12.0. The molecule has 0 heterocycles. The Kier molecular flexibility index (Phi) is 5.98. The average Bonchev–Trinajstić information content (AvgIpc) is 2.58. The van der Waals surface area contributed by atoms with Crippen LogP contribution in [0.25, 0.3) is 0 Å². The van der Waals surface area contributed by atoms with E-state index in [-0.39, 0.29) is 17.6 Å². The summed E-state index contributed by atoms with van der Waals surface area (Å²) in [6.45, 7) is 0. The molecule has 1 fully saturated rings. The zero-order valence-electron chi connectivity index (χ0n) is 13.8. The van der Waals surface area contributed by atoms with Crippen LogP contribution in [0.15, 0.2) is 42.5 Å². The van der Waals surface area contributed by atoms with Crippen LogP contribution in [0, 0.1) is 11.7 Å². The summed E-state index contributed by atoms with van der Waals surface area (Å²) in [4.78, 5) is 12.2. The maximum absolute atomic E-state index is 14.1. The predicted molar refractivity (Wildman–Crippen MR) is 101 cm³/mol. The number of carbonyl (C=O) groups excluding carboxylic acids is 1. The SMILES string of the molecule is O=C(CC1CCC(c2ccc(Cl)cc2F)CC1)Nc1ccc(Cl)cc1. The third kappa shape index (κ3) is 4.96. The molecule has 5 heteroatoms. The molecule has 1 saturated carbocycles. The topological polar surface area (TPSA) is 29.1 Å². The lowest BCUT2D eigenvalue weighted by molar-refractivity contribution is -0.117. The Hall–Kier alpha value is -1.58. The van der Waals surface area contributed by atoms with Gasteiger partial charge in [-0.3, -0.25) is 4.79 Å². The third-order valence-electron chi connectivity index (χ3n) is 4.85. The van der Waals surface area contributed by atoms with E-state index in [1.807, 2.05) is 0 Å². The minimum absolute atomic E-state index is 0.0171. The van der Waals surface area contributed by atoms with E-state index in [0.29, 0.717) is 22.4 Å². The lowest BCUT2D eigenvalue weighted by atomic mass is 9.77. The number of halogens is 3. The zero-order valence-corrected chi connectivity index (χ0v) is 15.3. The fourth-order valence-electron chi connectivity index (χ4n) is 3.52. The molecule has 3 rings (SSSR count). The lowest BCUT2D eigenvalue weighted by Gasteiger charge is -2.28. The van der Waals surface area contributed by atoms with Crippen molar-refractivity contribution in [2.45, 2.75) is 38.0 Å². The molecule has 1 amide bonds. The van der Waals surface area contributed by atoms with Gasteiger partial charge in [0.25, 0.3) is 0 Å². The molecule has 25 heavy (non-hydrogen) atoms. The van der Waals surface area contributed by atoms with Crippen molar-refractivity contribution >= 4 is 34.8 Å². The highest BCUT2D eigenvalue weighted by atomic mass is 35.5. The minimum Gasteiger partial charge on any atom is -0.326 e. The molecule has 1 N–H and O–H groups in total. The van der Waals surface area contributed by atoms with Gasteiger partial charge in [-0.05, 0) is 79.5 Å². The summed E-state index contributed by atoms with van der Waals surface area (Å²) in [6.07, 6.45) is 4.16. The molecular weight excluding hydrogens is 360 g/mol. The van der Waals surface area contributed by atoms with E-state index in [9.17, 15) is 9.18 Å². The van der Waals surface area contributed by atoms with Crippen LogP contribution in [0.4, 0.5) is 10.1 Å². The Labute approximate surface area is 157 Å². The highest BCUT2D eigenvalue weighted by Crippen LogP contribution is 2.38. The van der Waals surface area contributed by atoms with Crippen molar-refractivity contribution in [1.82, 2.24) is 0 Å². The van der Waals surface area contributed by atoms with Crippen molar-refractivity contribution in [2.75, 3.05) is 5.32 Å². The highest BCUT2D eigenvalue weighted by Gasteiger charge is 2.25. The van der Waals surface area contributed by atoms with Gasteiger partial charge >= 0.3 is 0 Å². The van der Waals surface area contributed by atoms with Crippen molar-refractivity contribution in [3.8, 4) is 0 Å². The molecule has 1 aliphatic rings. The van der Waals surface area contributed by atoms with Crippen LogP contribution in [0.2, 0.25) is 10.0 Å². The first-order valence-electron chi connectivity index (χ1n) is 8.51. The van der Waals surface area contributed by atoms with E-state index >= 15 is 0 Å². The van der Waals surface area contributed by atoms with Crippen LogP contribution in [-0.2, 0) is 4.79 Å². The van der Waals surface area contributed by atoms with Gasteiger partial charge in [-0.25, -0.2) is 4.39 Å². The number of amides is 1. The smallest absolute Gasteiger partial charge is 0.224 e. The standard InChI is InChI=1S/C20H20Cl2FNO/c21-15-5-8-17(9-6-15)24-20(25)11-13-1-3-14(4-2-13)18-10-7-16(22)12-19(18)23/h5-10,12-14H,1-4,11H2,(H,24,25). The number of carbonyl (C=O) groups is 1. The number of rotatable bonds is 4. The van der Waals surface area contributed by atoms with Crippen molar-refractivity contribution in [3.05, 3.63) is 63.9 Å². The van der Waals surface area contributed by atoms with Crippen molar-refractivity contribution in [3.63, 3.8) is 0 Å². The molecule has 0 atom stereocenters. The number of hydrogen-bond donors (Lipinski definition) is 1. The van der Waals surface area contributed by atoms with E-state index in [1.165, 1.54) is 6.07 Å². The van der Waals surface area contributed by atoms with Gasteiger partial charge in [-0.2, -0.15) is 0 Å². The summed E-state index contributed by atoms with van der Waals surface area (Å²) in [5, 5.41) is 3.97. The van der Waals surface area contributed by atoms with Gasteiger partial charge < -0.3 is 5.32 Å². The molecular formula is C20H20Cl2FNO. The Morgan fingerprint density at radius 2 is 1.64 bits per heavy atom. The molecule has 0 radical (unpaired) electrons. The van der Waals surface area contributed by atoms with E-state index in [4.69, 9.17) is 23.2 Å². The molecule has 132 valence electrons. The Morgan fingerprint density at radius 3 is 2.28 bits per heavy atom. The maximum Gasteiger partial charge on any atom is 0.224 e. The van der Waals surface area contributed by atoms with Crippen LogP contribution in [0.3, 0.4) is 0 Å². The van der Waals surface area contributed by atoms with Crippen molar-refractivity contribution in [1.29, 1.82) is 0 Å². The van der Waals surface area contributed by atoms with Crippen LogP contribution in [0.1, 0.15) is 43.6 Å². The fraction of sp³-hybridized carbons (Fsp3) is 0.350. The van der Waals surface area contributed by atoms with E-state index in [0.717, 1.165) is 36.9 Å². The molecule has 2 aromatic carbocycles. The first-order chi connectivity index (χ1) is 12.0. The molecule has 0 aliphatic heterocycles.